The van der Waals surface area contributed by atoms with E-state index < -0.39 is 12.0 Å². The van der Waals surface area contributed by atoms with Gasteiger partial charge in [0.1, 0.15) is 6.04 Å². The number of carbonyl (C=O) groups is 2. The molecule has 1 saturated carbocycles. The Morgan fingerprint density at radius 2 is 1.80 bits per heavy atom. The average Bonchev–Trinajstić information content (AvgIpc) is 2.87. The second-order valence-electron chi connectivity index (χ2n) is 5.78. The second kappa shape index (κ2) is 5.27. The summed E-state index contributed by atoms with van der Waals surface area (Å²) in [6, 6.07) is 8.47. The molecule has 4 nitrogen and oxygen atoms in total. The van der Waals surface area contributed by atoms with E-state index in [4.69, 9.17) is 0 Å². The van der Waals surface area contributed by atoms with Crippen LogP contribution in [0.25, 0.3) is 0 Å². The largest absolute Gasteiger partial charge is 0.480 e. The minimum Gasteiger partial charge on any atom is -0.480 e. The van der Waals surface area contributed by atoms with E-state index >= 15 is 0 Å². The molecule has 20 heavy (non-hydrogen) atoms. The van der Waals surface area contributed by atoms with Crippen molar-refractivity contribution in [1.29, 1.82) is 0 Å². The zero-order valence-electron chi connectivity index (χ0n) is 11.4. The standard InChI is InChI=1S/C16H19NO3/c18-15(11-6-2-1-3-7-11)17-13-9-5-4-8-12(13)10-14(17)16(19)20/h1-3,6-7,12-14H,4-5,8-10H2,(H,19,20)/t12-,13-,14-/m1/s1. The first kappa shape index (κ1) is 13.2. The van der Waals surface area contributed by atoms with Gasteiger partial charge >= 0.3 is 5.97 Å². The SMILES string of the molecule is O=C(O)[C@H]1C[C@H]2CCCC[C@H]2N1C(=O)c1ccccc1. The lowest BCUT2D eigenvalue weighted by Crippen LogP contribution is -2.46. The molecule has 1 amide bonds. The number of carboxylic acids is 1. The highest BCUT2D eigenvalue weighted by Crippen LogP contribution is 2.40. The highest BCUT2D eigenvalue weighted by Gasteiger charge is 2.47. The van der Waals surface area contributed by atoms with Gasteiger partial charge in [-0.15, -0.1) is 0 Å². The smallest absolute Gasteiger partial charge is 0.326 e. The van der Waals surface area contributed by atoms with Crippen molar-refractivity contribution >= 4 is 11.9 Å². The minimum atomic E-state index is -0.872. The number of fused-ring (bicyclic) bond motifs is 1. The van der Waals surface area contributed by atoms with Gasteiger partial charge in [0.15, 0.2) is 0 Å². The summed E-state index contributed by atoms with van der Waals surface area (Å²) in [7, 11) is 0. The van der Waals surface area contributed by atoms with Crippen LogP contribution in [-0.2, 0) is 4.79 Å². The van der Waals surface area contributed by atoms with E-state index in [1.54, 1.807) is 17.0 Å². The highest BCUT2D eigenvalue weighted by atomic mass is 16.4. The number of aliphatic carboxylic acids is 1. The molecule has 1 aromatic rings. The van der Waals surface area contributed by atoms with Crippen LogP contribution in [0.15, 0.2) is 30.3 Å². The zero-order chi connectivity index (χ0) is 14.1. The first-order valence-corrected chi connectivity index (χ1v) is 7.29. The second-order valence-corrected chi connectivity index (χ2v) is 5.78. The van der Waals surface area contributed by atoms with E-state index in [1.807, 2.05) is 18.2 Å². The molecule has 2 aliphatic rings. The van der Waals surface area contributed by atoms with E-state index in [0.717, 1.165) is 25.7 Å². The van der Waals surface area contributed by atoms with Crippen LogP contribution in [0.1, 0.15) is 42.5 Å². The fraction of sp³-hybridized carbons (Fsp3) is 0.500. The monoisotopic (exact) mass is 273 g/mol. The molecule has 1 aliphatic heterocycles. The van der Waals surface area contributed by atoms with Crippen LogP contribution in [-0.4, -0.2) is 34.0 Å². The Labute approximate surface area is 118 Å². The first-order chi connectivity index (χ1) is 9.68. The highest BCUT2D eigenvalue weighted by molar-refractivity contribution is 5.97. The Morgan fingerprint density at radius 1 is 1.10 bits per heavy atom. The van der Waals surface area contributed by atoms with E-state index in [2.05, 4.69) is 0 Å². The van der Waals surface area contributed by atoms with Crippen LogP contribution in [0.4, 0.5) is 0 Å². The van der Waals surface area contributed by atoms with Crippen LogP contribution >= 0.6 is 0 Å². The van der Waals surface area contributed by atoms with Crippen molar-refractivity contribution in [2.45, 2.75) is 44.2 Å². The number of carbonyl (C=O) groups excluding carboxylic acids is 1. The molecule has 1 aromatic carbocycles. The first-order valence-electron chi connectivity index (χ1n) is 7.29. The van der Waals surface area contributed by atoms with Crippen molar-refractivity contribution in [3.05, 3.63) is 35.9 Å². The van der Waals surface area contributed by atoms with Crippen LogP contribution in [0.2, 0.25) is 0 Å². The molecule has 0 spiro atoms. The summed E-state index contributed by atoms with van der Waals surface area (Å²) in [5.41, 5.74) is 0.588. The van der Waals surface area contributed by atoms with Crippen molar-refractivity contribution in [2.75, 3.05) is 0 Å². The number of nitrogens with zero attached hydrogens (tertiary/aromatic N) is 1. The van der Waals surface area contributed by atoms with E-state index in [1.165, 1.54) is 0 Å². The fourth-order valence-electron chi connectivity index (χ4n) is 3.70. The number of likely N-dealkylation sites (tertiary alicyclic amines) is 1. The molecule has 1 aliphatic carbocycles. The van der Waals surface area contributed by atoms with Crippen molar-refractivity contribution < 1.29 is 14.7 Å². The van der Waals surface area contributed by atoms with Crippen LogP contribution in [0.5, 0.6) is 0 Å². The molecule has 0 unspecified atom stereocenters. The number of amides is 1. The minimum absolute atomic E-state index is 0.109. The molecule has 0 aromatic heterocycles. The number of hydrogen-bond acceptors (Lipinski definition) is 2. The van der Waals surface area contributed by atoms with E-state index in [9.17, 15) is 14.7 Å². The van der Waals surface area contributed by atoms with E-state index in [-0.39, 0.29) is 11.9 Å². The molecule has 3 atom stereocenters. The summed E-state index contributed by atoms with van der Waals surface area (Å²) in [4.78, 5) is 25.8. The molecular weight excluding hydrogens is 254 g/mol. The molecule has 4 heteroatoms. The van der Waals surface area contributed by atoms with Gasteiger partial charge in [0.05, 0.1) is 0 Å². The maximum Gasteiger partial charge on any atom is 0.326 e. The summed E-state index contributed by atoms with van der Waals surface area (Å²) < 4.78 is 0. The average molecular weight is 273 g/mol. The van der Waals surface area contributed by atoms with Crippen LogP contribution in [0, 0.1) is 5.92 Å². The zero-order valence-corrected chi connectivity index (χ0v) is 11.4. The summed E-state index contributed by atoms with van der Waals surface area (Å²) in [5.74, 6) is -0.645. The predicted molar refractivity (Wildman–Crippen MR) is 74.4 cm³/mol. The Morgan fingerprint density at radius 3 is 2.50 bits per heavy atom. The maximum absolute atomic E-state index is 12.7. The molecule has 1 saturated heterocycles. The third-order valence-corrected chi connectivity index (χ3v) is 4.63. The Hall–Kier alpha value is -1.84. The molecule has 0 radical (unpaired) electrons. The number of carboxylic acid groups (broad SMARTS) is 1. The number of rotatable bonds is 2. The van der Waals surface area contributed by atoms with Gasteiger partial charge in [-0.1, -0.05) is 31.0 Å². The van der Waals surface area contributed by atoms with Gasteiger partial charge in [0.25, 0.3) is 5.91 Å². The van der Waals surface area contributed by atoms with Crippen LogP contribution < -0.4 is 0 Å². The van der Waals surface area contributed by atoms with Crippen molar-refractivity contribution in [3.63, 3.8) is 0 Å². The number of hydrogen-bond donors (Lipinski definition) is 1. The molecule has 1 N–H and O–H groups in total. The molecular formula is C16H19NO3. The molecule has 1 heterocycles. The lowest BCUT2D eigenvalue weighted by Gasteiger charge is -2.33. The topological polar surface area (TPSA) is 57.6 Å². The van der Waals surface area contributed by atoms with Crippen molar-refractivity contribution in [2.24, 2.45) is 5.92 Å². The van der Waals surface area contributed by atoms with Gasteiger partial charge in [0, 0.05) is 11.6 Å². The Bertz CT molecular complexity index is 514. The fourth-order valence-corrected chi connectivity index (χ4v) is 3.70. The van der Waals surface area contributed by atoms with E-state index in [0.29, 0.717) is 17.9 Å². The third-order valence-electron chi connectivity index (χ3n) is 4.63. The van der Waals surface area contributed by atoms with Gasteiger partial charge in [-0.05, 0) is 37.3 Å². The summed E-state index contributed by atoms with van der Waals surface area (Å²) in [5, 5.41) is 9.43. The summed E-state index contributed by atoms with van der Waals surface area (Å²) in [6.45, 7) is 0. The number of benzene rings is 1. The van der Waals surface area contributed by atoms with Gasteiger partial charge < -0.3 is 10.0 Å². The summed E-state index contributed by atoms with van der Waals surface area (Å²) >= 11 is 0. The molecule has 3 rings (SSSR count). The third kappa shape index (κ3) is 2.19. The molecule has 2 fully saturated rings. The Kier molecular flexibility index (Phi) is 3.47. The predicted octanol–water partition coefficient (Wildman–Crippen LogP) is 2.54. The summed E-state index contributed by atoms with van der Waals surface area (Å²) in [6.07, 6.45) is 4.84. The quantitative estimate of drug-likeness (QED) is 0.901. The van der Waals surface area contributed by atoms with Crippen molar-refractivity contribution in [1.82, 2.24) is 4.90 Å². The lowest BCUT2D eigenvalue weighted by molar-refractivity contribution is -0.141. The van der Waals surface area contributed by atoms with Gasteiger partial charge in [-0.2, -0.15) is 0 Å². The lowest BCUT2D eigenvalue weighted by atomic mass is 9.84. The van der Waals surface area contributed by atoms with Gasteiger partial charge in [0.2, 0.25) is 0 Å². The normalized spacial score (nSPS) is 29.0. The van der Waals surface area contributed by atoms with Crippen molar-refractivity contribution in [3.8, 4) is 0 Å². The van der Waals surface area contributed by atoms with Crippen LogP contribution in [0.3, 0.4) is 0 Å². The Balaban J connectivity index is 1.91. The van der Waals surface area contributed by atoms with Gasteiger partial charge in [-0.3, -0.25) is 4.79 Å². The molecule has 0 bridgehead atoms. The molecule has 106 valence electrons. The maximum atomic E-state index is 12.7. The van der Waals surface area contributed by atoms with Gasteiger partial charge in [-0.25, -0.2) is 4.79 Å².